The number of likely N-dealkylation sites (tertiary alicyclic amines) is 1. The van der Waals surface area contributed by atoms with Gasteiger partial charge in [0.15, 0.2) is 0 Å². The zero-order valence-electron chi connectivity index (χ0n) is 14.0. The topological polar surface area (TPSA) is 24.5 Å². The maximum Gasteiger partial charge on any atom is 0.0710 e. The highest BCUT2D eigenvalue weighted by Crippen LogP contribution is 2.39. The number of hydrogen-bond acceptors (Lipinski definition) is 3. The second-order valence-corrected chi connectivity index (χ2v) is 7.60. The van der Waals surface area contributed by atoms with E-state index in [0.29, 0.717) is 17.6 Å². The molecule has 1 aliphatic heterocycles. The van der Waals surface area contributed by atoms with Gasteiger partial charge >= 0.3 is 0 Å². The molecule has 2 fully saturated rings. The lowest BCUT2D eigenvalue weighted by Gasteiger charge is -2.42. The normalized spacial score (nSPS) is 35.9. The van der Waals surface area contributed by atoms with E-state index in [1.807, 2.05) is 7.11 Å². The highest BCUT2D eigenvalue weighted by atomic mass is 16.5. The van der Waals surface area contributed by atoms with Crippen molar-refractivity contribution in [2.75, 3.05) is 33.3 Å². The van der Waals surface area contributed by atoms with Crippen LogP contribution in [0.4, 0.5) is 0 Å². The van der Waals surface area contributed by atoms with Crippen molar-refractivity contribution in [3.8, 4) is 0 Å². The molecule has 2 aliphatic rings. The molecule has 1 heterocycles. The fourth-order valence-corrected chi connectivity index (χ4v) is 3.79. The molecule has 3 heteroatoms. The Morgan fingerprint density at radius 2 is 1.95 bits per heavy atom. The minimum atomic E-state index is 0.465. The van der Waals surface area contributed by atoms with Gasteiger partial charge < -0.3 is 15.0 Å². The molecule has 1 saturated carbocycles. The third-order valence-corrected chi connectivity index (χ3v) is 5.34. The SMILES string of the molecule is COC1CCN(CC2(CNC(C)C)CCC(C)CC2)C1. The van der Waals surface area contributed by atoms with Gasteiger partial charge in [-0.05, 0) is 30.6 Å². The lowest BCUT2D eigenvalue weighted by molar-refractivity contribution is 0.0743. The van der Waals surface area contributed by atoms with Gasteiger partial charge in [0.25, 0.3) is 0 Å². The van der Waals surface area contributed by atoms with Crippen LogP contribution in [0.2, 0.25) is 0 Å². The maximum absolute atomic E-state index is 5.52. The van der Waals surface area contributed by atoms with Crippen molar-refractivity contribution < 1.29 is 4.74 Å². The molecule has 1 unspecified atom stereocenters. The fourth-order valence-electron chi connectivity index (χ4n) is 3.79. The van der Waals surface area contributed by atoms with Gasteiger partial charge in [0.05, 0.1) is 6.10 Å². The van der Waals surface area contributed by atoms with Crippen LogP contribution in [0.3, 0.4) is 0 Å². The second-order valence-electron chi connectivity index (χ2n) is 7.60. The summed E-state index contributed by atoms with van der Waals surface area (Å²) in [7, 11) is 1.85. The van der Waals surface area contributed by atoms with E-state index in [1.165, 1.54) is 51.7 Å². The largest absolute Gasteiger partial charge is 0.380 e. The van der Waals surface area contributed by atoms with Crippen LogP contribution >= 0.6 is 0 Å². The van der Waals surface area contributed by atoms with Crippen LogP contribution in [-0.2, 0) is 4.74 Å². The highest BCUT2D eigenvalue weighted by molar-refractivity contribution is 4.91. The van der Waals surface area contributed by atoms with Crippen molar-refractivity contribution in [3.05, 3.63) is 0 Å². The Bertz CT molecular complexity index is 285. The molecule has 0 aromatic carbocycles. The van der Waals surface area contributed by atoms with Crippen LogP contribution in [-0.4, -0.2) is 50.3 Å². The average Bonchev–Trinajstić information content (AvgIpc) is 2.87. The molecule has 0 aromatic heterocycles. The predicted octanol–water partition coefficient (Wildman–Crippen LogP) is 2.90. The van der Waals surface area contributed by atoms with Gasteiger partial charge in [-0.2, -0.15) is 0 Å². The summed E-state index contributed by atoms with van der Waals surface area (Å²) in [6, 6.07) is 0.594. The molecule has 0 spiro atoms. The monoisotopic (exact) mass is 282 g/mol. The van der Waals surface area contributed by atoms with E-state index in [1.54, 1.807) is 0 Å². The Morgan fingerprint density at radius 3 is 2.50 bits per heavy atom. The van der Waals surface area contributed by atoms with Crippen LogP contribution in [0.1, 0.15) is 52.9 Å². The molecule has 1 aliphatic carbocycles. The van der Waals surface area contributed by atoms with Gasteiger partial charge in [0.2, 0.25) is 0 Å². The first-order chi connectivity index (χ1) is 9.53. The number of methoxy groups -OCH3 is 1. The molecular formula is C17H34N2O. The Morgan fingerprint density at radius 1 is 1.25 bits per heavy atom. The van der Waals surface area contributed by atoms with E-state index in [-0.39, 0.29) is 0 Å². The van der Waals surface area contributed by atoms with Crippen LogP contribution in [0.15, 0.2) is 0 Å². The number of ether oxygens (including phenoxy) is 1. The van der Waals surface area contributed by atoms with E-state index < -0.39 is 0 Å². The van der Waals surface area contributed by atoms with Crippen LogP contribution in [0.5, 0.6) is 0 Å². The van der Waals surface area contributed by atoms with Gasteiger partial charge in [0, 0.05) is 39.3 Å². The highest BCUT2D eigenvalue weighted by Gasteiger charge is 2.37. The molecule has 0 radical (unpaired) electrons. The predicted molar refractivity (Wildman–Crippen MR) is 85.1 cm³/mol. The minimum absolute atomic E-state index is 0.465. The Kier molecular flexibility index (Phi) is 5.88. The molecular weight excluding hydrogens is 248 g/mol. The first-order valence-corrected chi connectivity index (χ1v) is 8.51. The van der Waals surface area contributed by atoms with E-state index >= 15 is 0 Å². The summed E-state index contributed by atoms with van der Waals surface area (Å²) in [5.41, 5.74) is 0.499. The summed E-state index contributed by atoms with van der Waals surface area (Å²) in [6.45, 7) is 11.7. The van der Waals surface area contributed by atoms with Crippen molar-refractivity contribution in [2.45, 2.75) is 65.0 Å². The van der Waals surface area contributed by atoms with Gasteiger partial charge in [-0.3, -0.25) is 0 Å². The van der Waals surface area contributed by atoms with Crippen molar-refractivity contribution in [2.24, 2.45) is 11.3 Å². The van der Waals surface area contributed by atoms with Crippen molar-refractivity contribution in [1.82, 2.24) is 10.2 Å². The van der Waals surface area contributed by atoms with Crippen molar-refractivity contribution in [1.29, 1.82) is 0 Å². The van der Waals surface area contributed by atoms with Crippen LogP contribution in [0, 0.1) is 11.3 Å². The van der Waals surface area contributed by atoms with Crippen LogP contribution < -0.4 is 5.32 Å². The number of nitrogens with zero attached hydrogens (tertiary/aromatic N) is 1. The Balaban J connectivity index is 1.92. The smallest absolute Gasteiger partial charge is 0.0710 e. The van der Waals surface area contributed by atoms with Crippen molar-refractivity contribution >= 4 is 0 Å². The lowest BCUT2D eigenvalue weighted by Crippen LogP contribution is -2.47. The second kappa shape index (κ2) is 7.24. The van der Waals surface area contributed by atoms with E-state index in [2.05, 4.69) is 31.0 Å². The minimum Gasteiger partial charge on any atom is -0.380 e. The van der Waals surface area contributed by atoms with E-state index in [4.69, 9.17) is 4.74 Å². The summed E-state index contributed by atoms with van der Waals surface area (Å²) >= 11 is 0. The molecule has 0 aromatic rings. The molecule has 0 amide bonds. The summed E-state index contributed by atoms with van der Waals surface area (Å²) in [5, 5.41) is 3.71. The molecule has 1 atom stereocenters. The summed E-state index contributed by atoms with van der Waals surface area (Å²) < 4.78 is 5.52. The lowest BCUT2D eigenvalue weighted by atomic mass is 9.70. The van der Waals surface area contributed by atoms with E-state index in [0.717, 1.165) is 12.5 Å². The molecule has 2 rings (SSSR count). The quantitative estimate of drug-likeness (QED) is 0.811. The molecule has 118 valence electrons. The Hall–Kier alpha value is -0.120. The van der Waals surface area contributed by atoms with E-state index in [9.17, 15) is 0 Å². The Labute approximate surface area is 125 Å². The number of nitrogens with one attached hydrogen (secondary N) is 1. The molecule has 3 nitrogen and oxygen atoms in total. The standard InChI is InChI=1S/C17H34N2O/c1-14(2)18-12-17(8-5-15(3)6-9-17)13-19-10-7-16(11-19)20-4/h14-16,18H,5-13H2,1-4H3. The van der Waals surface area contributed by atoms with Crippen LogP contribution in [0.25, 0.3) is 0 Å². The summed E-state index contributed by atoms with van der Waals surface area (Å²) in [6.07, 6.45) is 7.26. The molecule has 1 saturated heterocycles. The molecule has 20 heavy (non-hydrogen) atoms. The summed E-state index contributed by atoms with van der Waals surface area (Å²) in [4.78, 5) is 2.64. The zero-order chi connectivity index (χ0) is 14.6. The fraction of sp³-hybridized carbons (Fsp3) is 1.00. The number of hydrogen-bond donors (Lipinski definition) is 1. The van der Waals surface area contributed by atoms with Gasteiger partial charge in [-0.1, -0.05) is 33.6 Å². The summed E-state index contributed by atoms with van der Waals surface area (Å²) in [5.74, 6) is 0.924. The zero-order valence-corrected chi connectivity index (χ0v) is 14.0. The van der Waals surface area contributed by atoms with Gasteiger partial charge in [-0.15, -0.1) is 0 Å². The molecule has 0 bridgehead atoms. The average molecular weight is 282 g/mol. The number of rotatable bonds is 6. The third-order valence-electron chi connectivity index (χ3n) is 5.34. The van der Waals surface area contributed by atoms with Crippen molar-refractivity contribution in [3.63, 3.8) is 0 Å². The first kappa shape index (κ1) is 16.3. The first-order valence-electron chi connectivity index (χ1n) is 8.51. The van der Waals surface area contributed by atoms with Gasteiger partial charge in [-0.25, -0.2) is 0 Å². The third kappa shape index (κ3) is 4.44. The van der Waals surface area contributed by atoms with Gasteiger partial charge in [0.1, 0.15) is 0 Å². The molecule has 1 N–H and O–H groups in total. The maximum atomic E-state index is 5.52.